The zero-order chi connectivity index (χ0) is 13.9. The SMILES string of the molecule is CNC1C(=O)N(CC2=CC=CNN2)CCc2ncoc21. The fourth-order valence-electron chi connectivity index (χ4n) is 2.44. The lowest BCUT2D eigenvalue weighted by atomic mass is 10.1. The first-order chi connectivity index (χ1) is 9.79. The van der Waals surface area contributed by atoms with Crippen LogP contribution in [0.5, 0.6) is 0 Å². The van der Waals surface area contributed by atoms with E-state index >= 15 is 0 Å². The number of rotatable bonds is 3. The molecule has 0 saturated heterocycles. The third-order valence-electron chi connectivity index (χ3n) is 3.47. The van der Waals surface area contributed by atoms with Crippen LogP contribution in [0.15, 0.2) is 34.9 Å². The number of carbonyl (C=O) groups excluding carboxylic acids is 1. The Bertz CT molecular complexity index is 563. The Morgan fingerprint density at radius 2 is 2.50 bits per heavy atom. The first kappa shape index (κ1) is 12.7. The summed E-state index contributed by atoms with van der Waals surface area (Å²) in [5, 5.41) is 3.01. The molecule has 2 aliphatic rings. The van der Waals surface area contributed by atoms with E-state index in [1.807, 2.05) is 12.2 Å². The van der Waals surface area contributed by atoms with E-state index in [0.29, 0.717) is 25.3 Å². The van der Waals surface area contributed by atoms with Crippen LogP contribution >= 0.6 is 0 Å². The van der Waals surface area contributed by atoms with Crippen LogP contribution in [0.4, 0.5) is 0 Å². The van der Waals surface area contributed by atoms with Gasteiger partial charge in [-0.1, -0.05) is 0 Å². The van der Waals surface area contributed by atoms with Gasteiger partial charge in [-0.2, -0.15) is 0 Å². The first-order valence-corrected chi connectivity index (χ1v) is 6.55. The number of carbonyl (C=O) groups is 1. The lowest BCUT2D eigenvalue weighted by Crippen LogP contribution is -2.43. The summed E-state index contributed by atoms with van der Waals surface area (Å²) in [6, 6.07) is -0.470. The average molecular weight is 275 g/mol. The molecule has 1 aromatic heterocycles. The molecule has 20 heavy (non-hydrogen) atoms. The Balaban J connectivity index is 1.80. The van der Waals surface area contributed by atoms with Crippen LogP contribution in [0.1, 0.15) is 17.5 Å². The summed E-state index contributed by atoms with van der Waals surface area (Å²) < 4.78 is 5.37. The number of allylic oxidation sites excluding steroid dienone is 2. The Hall–Kier alpha value is -2.28. The molecule has 7 nitrogen and oxygen atoms in total. The monoisotopic (exact) mass is 275 g/mol. The minimum Gasteiger partial charge on any atom is -0.446 e. The van der Waals surface area contributed by atoms with Crippen molar-refractivity contribution in [2.75, 3.05) is 20.1 Å². The molecule has 0 saturated carbocycles. The van der Waals surface area contributed by atoms with Gasteiger partial charge in [0.2, 0.25) is 5.91 Å². The van der Waals surface area contributed by atoms with E-state index in [9.17, 15) is 4.79 Å². The third kappa shape index (κ3) is 2.27. The highest BCUT2D eigenvalue weighted by Gasteiger charge is 2.33. The molecule has 0 fully saturated rings. The number of hydrogen-bond donors (Lipinski definition) is 3. The van der Waals surface area contributed by atoms with Crippen LogP contribution in [0, 0.1) is 0 Å². The minimum atomic E-state index is -0.470. The van der Waals surface area contributed by atoms with Gasteiger partial charge in [-0.15, -0.1) is 0 Å². The van der Waals surface area contributed by atoms with E-state index in [0.717, 1.165) is 11.4 Å². The Labute approximate surface area is 116 Å². The maximum atomic E-state index is 12.6. The standard InChI is InChI=1S/C13H17N5O2/c1-14-11-12-10(15-8-20-12)4-6-18(13(11)19)7-9-3-2-5-16-17-9/h2-3,5,8,11,14,16-17H,4,6-7H2,1H3. The third-order valence-corrected chi connectivity index (χ3v) is 3.47. The summed E-state index contributed by atoms with van der Waals surface area (Å²) >= 11 is 0. The molecule has 106 valence electrons. The summed E-state index contributed by atoms with van der Waals surface area (Å²) in [7, 11) is 1.75. The van der Waals surface area contributed by atoms with Crippen LogP contribution in [0.3, 0.4) is 0 Å². The topological polar surface area (TPSA) is 82.4 Å². The molecule has 3 rings (SSSR count). The summed E-state index contributed by atoms with van der Waals surface area (Å²) in [5.74, 6) is 0.629. The van der Waals surface area contributed by atoms with E-state index in [2.05, 4.69) is 21.2 Å². The zero-order valence-electron chi connectivity index (χ0n) is 11.2. The maximum Gasteiger partial charge on any atom is 0.248 e. The molecule has 1 atom stereocenters. The highest BCUT2D eigenvalue weighted by molar-refractivity contribution is 5.83. The van der Waals surface area contributed by atoms with Crippen molar-refractivity contribution in [2.45, 2.75) is 12.5 Å². The minimum absolute atomic E-state index is 0.000234. The number of hydrogen-bond acceptors (Lipinski definition) is 6. The van der Waals surface area contributed by atoms with E-state index in [1.165, 1.54) is 6.39 Å². The highest BCUT2D eigenvalue weighted by Crippen LogP contribution is 2.24. The normalized spacial score (nSPS) is 21.6. The van der Waals surface area contributed by atoms with Crippen molar-refractivity contribution in [1.29, 1.82) is 0 Å². The van der Waals surface area contributed by atoms with Crippen molar-refractivity contribution >= 4 is 5.91 Å². The first-order valence-electron chi connectivity index (χ1n) is 6.55. The summed E-state index contributed by atoms with van der Waals surface area (Å²) in [6.07, 6.45) is 7.74. The Kier molecular flexibility index (Phi) is 3.42. The number of fused-ring (bicyclic) bond motifs is 1. The van der Waals surface area contributed by atoms with Crippen LogP contribution in [0.25, 0.3) is 0 Å². The summed E-state index contributed by atoms with van der Waals surface area (Å²) in [4.78, 5) is 18.6. The second-order valence-corrected chi connectivity index (χ2v) is 4.72. The van der Waals surface area contributed by atoms with E-state index < -0.39 is 6.04 Å². The Morgan fingerprint density at radius 1 is 1.60 bits per heavy atom. The van der Waals surface area contributed by atoms with Crippen molar-refractivity contribution in [1.82, 2.24) is 26.1 Å². The van der Waals surface area contributed by atoms with Crippen molar-refractivity contribution in [2.24, 2.45) is 0 Å². The van der Waals surface area contributed by atoms with Gasteiger partial charge in [-0.3, -0.25) is 4.79 Å². The quantitative estimate of drug-likeness (QED) is 0.710. The number of likely N-dealkylation sites (N-methyl/N-ethyl adjacent to an activating group) is 1. The largest absolute Gasteiger partial charge is 0.446 e. The average Bonchev–Trinajstić information content (AvgIpc) is 2.89. The Morgan fingerprint density at radius 3 is 3.25 bits per heavy atom. The molecule has 0 bridgehead atoms. The molecule has 1 unspecified atom stereocenters. The number of amides is 1. The predicted molar refractivity (Wildman–Crippen MR) is 72.1 cm³/mol. The highest BCUT2D eigenvalue weighted by atomic mass is 16.3. The van der Waals surface area contributed by atoms with Gasteiger partial charge >= 0.3 is 0 Å². The van der Waals surface area contributed by atoms with Gasteiger partial charge in [0.05, 0.1) is 17.9 Å². The van der Waals surface area contributed by atoms with Gasteiger partial charge in [-0.25, -0.2) is 4.98 Å². The molecule has 1 aromatic rings. The predicted octanol–water partition coefficient (Wildman–Crippen LogP) is -0.175. The van der Waals surface area contributed by atoms with Gasteiger partial charge < -0.3 is 25.5 Å². The molecule has 3 N–H and O–H groups in total. The van der Waals surface area contributed by atoms with Gasteiger partial charge in [0, 0.05) is 19.2 Å². The second-order valence-electron chi connectivity index (χ2n) is 4.72. The lowest BCUT2D eigenvalue weighted by molar-refractivity contribution is -0.133. The molecule has 0 radical (unpaired) electrons. The zero-order valence-corrected chi connectivity index (χ0v) is 11.2. The molecular formula is C13H17N5O2. The fraction of sp³-hybridized carbons (Fsp3) is 0.385. The van der Waals surface area contributed by atoms with E-state index in [-0.39, 0.29) is 5.91 Å². The van der Waals surface area contributed by atoms with Crippen LogP contribution in [-0.2, 0) is 11.2 Å². The maximum absolute atomic E-state index is 12.6. The van der Waals surface area contributed by atoms with E-state index in [1.54, 1.807) is 18.1 Å². The van der Waals surface area contributed by atoms with Crippen molar-refractivity contribution < 1.29 is 9.21 Å². The van der Waals surface area contributed by atoms with E-state index in [4.69, 9.17) is 4.42 Å². The summed E-state index contributed by atoms with van der Waals surface area (Å²) in [6.45, 7) is 1.15. The molecule has 7 heteroatoms. The molecular weight excluding hydrogens is 258 g/mol. The molecule has 0 aliphatic carbocycles. The van der Waals surface area contributed by atoms with Crippen molar-refractivity contribution in [3.8, 4) is 0 Å². The fourth-order valence-corrected chi connectivity index (χ4v) is 2.44. The molecule has 0 aromatic carbocycles. The number of nitrogens with one attached hydrogen (secondary N) is 3. The summed E-state index contributed by atoms with van der Waals surface area (Å²) in [5.41, 5.74) is 7.73. The molecule has 0 spiro atoms. The van der Waals surface area contributed by atoms with Gasteiger partial charge in [0.15, 0.2) is 12.2 Å². The number of oxazole rings is 1. The molecule has 1 amide bonds. The second kappa shape index (κ2) is 5.38. The van der Waals surface area contributed by atoms with Crippen molar-refractivity contribution in [3.63, 3.8) is 0 Å². The van der Waals surface area contributed by atoms with Crippen LogP contribution < -0.4 is 16.2 Å². The van der Waals surface area contributed by atoms with Gasteiger partial charge in [0.25, 0.3) is 0 Å². The van der Waals surface area contributed by atoms with Crippen LogP contribution in [-0.4, -0.2) is 35.9 Å². The van der Waals surface area contributed by atoms with Crippen LogP contribution in [0.2, 0.25) is 0 Å². The van der Waals surface area contributed by atoms with Gasteiger partial charge in [-0.05, 0) is 19.2 Å². The van der Waals surface area contributed by atoms with Gasteiger partial charge in [0.1, 0.15) is 6.04 Å². The number of hydrazine groups is 1. The molecule has 2 aliphatic heterocycles. The molecule has 3 heterocycles. The number of nitrogens with zero attached hydrogens (tertiary/aromatic N) is 2. The number of aromatic nitrogens is 1. The lowest BCUT2D eigenvalue weighted by Gasteiger charge is -2.26. The van der Waals surface area contributed by atoms with Crippen molar-refractivity contribution in [3.05, 3.63) is 41.9 Å². The smallest absolute Gasteiger partial charge is 0.248 e.